The van der Waals surface area contributed by atoms with Crippen molar-refractivity contribution in [3.63, 3.8) is 0 Å². The van der Waals surface area contributed by atoms with E-state index in [1.807, 2.05) is 13.8 Å². The molecule has 3 nitrogen and oxygen atoms in total. The van der Waals surface area contributed by atoms with Gasteiger partial charge in [-0.3, -0.25) is 0 Å². The van der Waals surface area contributed by atoms with Crippen molar-refractivity contribution in [3.8, 4) is 0 Å². The maximum atomic E-state index is 6.88. The second-order valence-electron chi connectivity index (χ2n) is 6.92. The van der Waals surface area contributed by atoms with Gasteiger partial charge in [0.25, 0.3) is 0 Å². The molecule has 0 spiro atoms. The molecule has 0 bridgehead atoms. The van der Waals surface area contributed by atoms with Gasteiger partial charge in [0.05, 0.1) is 0 Å². The number of nitrogens with two attached hydrogens (primary N) is 1. The van der Waals surface area contributed by atoms with E-state index >= 15 is 0 Å². The molecule has 116 valence electrons. The molecule has 0 radical (unpaired) electrons. The number of hydrogen-bond donors (Lipinski definition) is 1. The minimum Gasteiger partial charge on any atom is -0.461 e. The molecule has 0 unspecified atom stereocenters. The highest BCUT2D eigenvalue weighted by Gasteiger charge is 2.35. The van der Waals surface area contributed by atoms with Crippen LogP contribution >= 0.6 is 0 Å². The molecule has 1 aliphatic rings. The lowest BCUT2D eigenvalue weighted by molar-refractivity contribution is 0.304. The van der Waals surface area contributed by atoms with Crippen LogP contribution in [0.2, 0.25) is 0 Å². The summed E-state index contributed by atoms with van der Waals surface area (Å²) in [5.74, 6) is 1.87. The number of fused-ring (bicyclic) bond motifs is 2. The highest BCUT2D eigenvalue weighted by atomic mass is 16.3. The normalized spacial score (nSPS) is 18.4. The van der Waals surface area contributed by atoms with Gasteiger partial charge in [-0.15, -0.1) is 0 Å². The van der Waals surface area contributed by atoms with Crippen LogP contribution in [0.1, 0.15) is 54.8 Å². The number of benzene rings is 1. The first-order chi connectivity index (χ1) is 10.5. The molecule has 2 heterocycles. The molecule has 1 aromatic carbocycles. The number of furan rings is 2. The van der Waals surface area contributed by atoms with Gasteiger partial charge in [0.15, 0.2) is 0 Å². The van der Waals surface area contributed by atoms with Crippen molar-refractivity contribution in [1.82, 2.24) is 0 Å². The van der Waals surface area contributed by atoms with E-state index in [0.29, 0.717) is 0 Å². The Balaban J connectivity index is 2.14. The van der Waals surface area contributed by atoms with Gasteiger partial charge in [-0.25, -0.2) is 0 Å². The summed E-state index contributed by atoms with van der Waals surface area (Å²) in [6, 6.07) is 4.23. The van der Waals surface area contributed by atoms with Gasteiger partial charge in [-0.1, -0.05) is 19.3 Å². The molecule has 3 heteroatoms. The first kappa shape index (κ1) is 13.9. The van der Waals surface area contributed by atoms with Crippen LogP contribution in [0.4, 0.5) is 0 Å². The second-order valence-corrected chi connectivity index (χ2v) is 6.92. The Hall–Kier alpha value is -1.74. The fourth-order valence-corrected chi connectivity index (χ4v) is 4.13. The Kier molecular flexibility index (Phi) is 2.92. The van der Waals surface area contributed by atoms with E-state index in [9.17, 15) is 0 Å². The van der Waals surface area contributed by atoms with Crippen molar-refractivity contribution in [3.05, 3.63) is 34.8 Å². The van der Waals surface area contributed by atoms with Crippen molar-refractivity contribution in [2.75, 3.05) is 0 Å². The number of rotatable bonds is 1. The lowest BCUT2D eigenvalue weighted by Crippen LogP contribution is -2.38. The lowest BCUT2D eigenvalue weighted by Gasteiger charge is -2.34. The molecule has 4 rings (SSSR count). The second kappa shape index (κ2) is 4.63. The third-order valence-corrected chi connectivity index (χ3v) is 5.20. The van der Waals surface area contributed by atoms with Crippen molar-refractivity contribution in [2.45, 2.75) is 58.4 Å². The zero-order chi connectivity index (χ0) is 15.5. The average molecular weight is 297 g/mol. The van der Waals surface area contributed by atoms with E-state index in [2.05, 4.69) is 19.1 Å². The molecule has 1 saturated carbocycles. The highest BCUT2D eigenvalue weighted by Crippen LogP contribution is 2.45. The summed E-state index contributed by atoms with van der Waals surface area (Å²) in [6.07, 6.45) is 5.68. The van der Waals surface area contributed by atoms with Gasteiger partial charge in [-0.2, -0.15) is 0 Å². The van der Waals surface area contributed by atoms with Gasteiger partial charge >= 0.3 is 0 Å². The highest BCUT2D eigenvalue weighted by molar-refractivity contribution is 6.02. The Bertz CT molecular complexity index is 805. The predicted molar refractivity (Wildman–Crippen MR) is 89.1 cm³/mol. The third-order valence-electron chi connectivity index (χ3n) is 5.20. The van der Waals surface area contributed by atoms with Crippen LogP contribution in [0.25, 0.3) is 21.9 Å². The van der Waals surface area contributed by atoms with E-state index in [4.69, 9.17) is 14.6 Å². The van der Waals surface area contributed by atoms with Gasteiger partial charge in [0, 0.05) is 27.4 Å². The fourth-order valence-electron chi connectivity index (χ4n) is 4.13. The maximum Gasteiger partial charge on any atom is 0.140 e. The smallest absolute Gasteiger partial charge is 0.140 e. The minimum atomic E-state index is -0.303. The SMILES string of the molecule is Cc1cc2c(C3(N)CCCCC3)c3oc(C)cc3c(C)c2o1. The Morgan fingerprint density at radius 1 is 0.864 bits per heavy atom. The summed E-state index contributed by atoms with van der Waals surface area (Å²) >= 11 is 0. The summed E-state index contributed by atoms with van der Waals surface area (Å²) < 4.78 is 12.1. The molecule has 3 aromatic rings. The van der Waals surface area contributed by atoms with Gasteiger partial charge in [-0.05, 0) is 45.7 Å². The minimum absolute atomic E-state index is 0.303. The zero-order valence-electron chi connectivity index (χ0n) is 13.6. The molecule has 1 aliphatic carbocycles. The lowest BCUT2D eigenvalue weighted by atomic mass is 9.75. The van der Waals surface area contributed by atoms with Crippen LogP contribution in [-0.2, 0) is 5.54 Å². The monoisotopic (exact) mass is 297 g/mol. The van der Waals surface area contributed by atoms with Crippen LogP contribution < -0.4 is 5.73 Å². The van der Waals surface area contributed by atoms with Gasteiger partial charge in [0.2, 0.25) is 0 Å². The summed E-state index contributed by atoms with van der Waals surface area (Å²) in [7, 11) is 0. The summed E-state index contributed by atoms with van der Waals surface area (Å²) in [6.45, 7) is 6.11. The van der Waals surface area contributed by atoms with E-state index in [0.717, 1.165) is 57.4 Å². The molecule has 1 fully saturated rings. The van der Waals surface area contributed by atoms with E-state index in [-0.39, 0.29) is 5.54 Å². The van der Waals surface area contributed by atoms with E-state index in [1.165, 1.54) is 19.3 Å². The quantitative estimate of drug-likeness (QED) is 0.669. The third kappa shape index (κ3) is 1.85. The van der Waals surface area contributed by atoms with Crippen molar-refractivity contribution in [1.29, 1.82) is 0 Å². The standard InChI is InChI=1S/C19H23NO2/c1-11-9-14-13(3)17-15(10-12(2)21-17)16(18(14)22-11)19(20)7-5-4-6-8-19/h9-10H,4-8,20H2,1-3H3. The largest absolute Gasteiger partial charge is 0.461 e. The molecule has 0 aliphatic heterocycles. The molecular formula is C19H23NO2. The number of hydrogen-bond acceptors (Lipinski definition) is 3. The van der Waals surface area contributed by atoms with Crippen LogP contribution in [-0.4, -0.2) is 0 Å². The molecule has 0 atom stereocenters. The molecular weight excluding hydrogens is 274 g/mol. The Labute approximate surface area is 130 Å². The van der Waals surface area contributed by atoms with Crippen molar-refractivity contribution in [2.24, 2.45) is 5.73 Å². The number of aryl methyl sites for hydroxylation is 3. The molecule has 2 aromatic heterocycles. The van der Waals surface area contributed by atoms with Crippen molar-refractivity contribution >= 4 is 21.9 Å². The van der Waals surface area contributed by atoms with Crippen LogP contribution in [0.15, 0.2) is 21.0 Å². The Morgan fingerprint density at radius 3 is 2.14 bits per heavy atom. The molecule has 2 N–H and O–H groups in total. The van der Waals surface area contributed by atoms with E-state index < -0.39 is 0 Å². The molecule has 22 heavy (non-hydrogen) atoms. The molecule has 0 amide bonds. The zero-order valence-corrected chi connectivity index (χ0v) is 13.6. The summed E-state index contributed by atoms with van der Waals surface area (Å²) in [5.41, 5.74) is 10.8. The first-order valence-electron chi connectivity index (χ1n) is 8.22. The van der Waals surface area contributed by atoms with Gasteiger partial charge < -0.3 is 14.6 Å². The summed E-state index contributed by atoms with van der Waals surface area (Å²) in [5, 5.41) is 2.28. The predicted octanol–water partition coefficient (Wildman–Crippen LogP) is 5.22. The topological polar surface area (TPSA) is 52.3 Å². The average Bonchev–Trinajstić information content (AvgIpc) is 3.02. The van der Waals surface area contributed by atoms with Crippen molar-refractivity contribution < 1.29 is 8.83 Å². The van der Waals surface area contributed by atoms with Crippen LogP contribution in [0.3, 0.4) is 0 Å². The first-order valence-corrected chi connectivity index (χ1v) is 8.22. The van der Waals surface area contributed by atoms with Crippen LogP contribution in [0.5, 0.6) is 0 Å². The maximum absolute atomic E-state index is 6.88. The van der Waals surface area contributed by atoms with Crippen LogP contribution in [0, 0.1) is 20.8 Å². The van der Waals surface area contributed by atoms with E-state index in [1.54, 1.807) is 0 Å². The fraction of sp³-hybridized carbons (Fsp3) is 0.474. The molecule has 0 saturated heterocycles. The van der Waals surface area contributed by atoms with Gasteiger partial charge in [0.1, 0.15) is 22.7 Å². The Morgan fingerprint density at radius 2 is 1.45 bits per heavy atom. The summed E-state index contributed by atoms with van der Waals surface area (Å²) in [4.78, 5) is 0.